The molecule has 54 valence electrons. The highest BCUT2D eigenvalue weighted by Crippen LogP contribution is 2.32. The molecule has 0 fully saturated rings. The van der Waals surface area contributed by atoms with Crippen LogP contribution in [0.4, 0.5) is 0 Å². The summed E-state index contributed by atoms with van der Waals surface area (Å²) in [5.41, 5.74) is 0. The third kappa shape index (κ3) is 15.9. The fraction of sp³-hybridized carbons (Fsp3) is 1.00. The lowest BCUT2D eigenvalue weighted by atomic mass is 11.0. The van der Waals surface area contributed by atoms with Gasteiger partial charge in [0.2, 0.25) is 0 Å². The highest BCUT2D eigenvalue weighted by Gasteiger charge is 2.05. The van der Waals surface area contributed by atoms with Crippen molar-refractivity contribution >= 4 is 32.4 Å². The molecule has 0 saturated heterocycles. The second kappa shape index (κ2) is 5.86. The Bertz CT molecular complexity index is 79.4. The molecule has 0 aliphatic rings. The van der Waals surface area contributed by atoms with Gasteiger partial charge in [0.25, 0.3) is 0 Å². The molecule has 0 spiro atoms. The van der Waals surface area contributed by atoms with Crippen molar-refractivity contribution in [1.29, 1.82) is 0 Å². The van der Waals surface area contributed by atoms with Crippen LogP contribution in [0.3, 0.4) is 0 Å². The zero-order valence-electron chi connectivity index (χ0n) is 4.27. The average Bonchev–Trinajstić information content (AvgIpc) is 1.35. The van der Waals surface area contributed by atoms with E-state index in [0.717, 1.165) is 0 Å². The summed E-state index contributed by atoms with van der Waals surface area (Å²) >= 11 is 0. The summed E-state index contributed by atoms with van der Waals surface area (Å²) in [5, 5.41) is 0. The first-order valence-electron chi connectivity index (χ1n) is 1.61. The third-order valence-electron chi connectivity index (χ3n) is 0.412. The Labute approximate surface area is 60.5 Å². The van der Waals surface area contributed by atoms with Crippen LogP contribution in [-0.4, -0.2) is 15.9 Å². The van der Waals surface area contributed by atoms with Gasteiger partial charge in [0, 0.05) is 6.16 Å². The molecule has 0 aliphatic carbocycles. The number of hydrogen-bond acceptors (Lipinski definition) is 1. The Hall–Kier alpha value is 0.730. The summed E-state index contributed by atoms with van der Waals surface area (Å²) in [4.78, 5) is 15.9. The van der Waals surface area contributed by atoms with E-state index in [2.05, 4.69) is 0 Å². The summed E-state index contributed by atoms with van der Waals surface area (Å²) in [6.07, 6.45) is -0.0625. The largest absolute Gasteiger partial charge is 0.325 e. The smallest absolute Gasteiger partial charge is 0.324 e. The Balaban J connectivity index is -0.000000125. The van der Waals surface area contributed by atoms with Crippen molar-refractivity contribution < 1.29 is 14.4 Å². The molecule has 0 aliphatic heterocycles. The van der Waals surface area contributed by atoms with Gasteiger partial charge in [-0.05, 0) is 0 Å². The van der Waals surface area contributed by atoms with Crippen molar-refractivity contribution in [2.45, 2.75) is 6.92 Å². The van der Waals surface area contributed by atoms with Crippen LogP contribution in [0, 0.1) is 0 Å². The second-order valence-electron chi connectivity index (χ2n) is 0.981. The van der Waals surface area contributed by atoms with E-state index in [1.165, 1.54) is 6.92 Å². The first-order valence-corrected chi connectivity index (χ1v) is 3.40. The Morgan fingerprint density at radius 1 is 1.38 bits per heavy atom. The van der Waals surface area contributed by atoms with E-state index in [-0.39, 0.29) is 31.0 Å². The monoisotopic (exact) mass is 182 g/mol. The van der Waals surface area contributed by atoms with Crippen molar-refractivity contribution in [3.8, 4) is 0 Å². The van der Waals surface area contributed by atoms with Gasteiger partial charge in [0.1, 0.15) is 0 Å². The van der Waals surface area contributed by atoms with Crippen LogP contribution in [0.2, 0.25) is 0 Å². The predicted octanol–water partition coefficient (Wildman–Crippen LogP) is 1.03. The number of rotatable bonds is 1. The SMILES string of the molecule is CCP(=O)(O)O.Cl.Cl. The average molecular weight is 183 g/mol. The van der Waals surface area contributed by atoms with Crippen molar-refractivity contribution in [3.05, 3.63) is 0 Å². The van der Waals surface area contributed by atoms with E-state index >= 15 is 0 Å². The highest BCUT2D eigenvalue weighted by molar-refractivity contribution is 7.51. The molecule has 0 rings (SSSR count). The standard InChI is InChI=1S/C2H7O3P.2ClH/c1-2-6(3,4)5;;/h2H2,1H3,(H2,3,4,5);2*1H. The van der Waals surface area contributed by atoms with Crippen LogP contribution in [0.5, 0.6) is 0 Å². The molecule has 0 aromatic carbocycles. The van der Waals surface area contributed by atoms with Crippen molar-refractivity contribution in [2.75, 3.05) is 6.16 Å². The minimum Gasteiger partial charge on any atom is -0.324 e. The van der Waals surface area contributed by atoms with Crippen molar-refractivity contribution in [1.82, 2.24) is 0 Å². The zero-order chi connectivity index (χ0) is 5.21. The highest BCUT2D eigenvalue weighted by atomic mass is 35.5. The Morgan fingerprint density at radius 3 is 1.50 bits per heavy atom. The molecule has 8 heavy (non-hydrogen) atoms. The lowest BCUT2D eigenvalue weighted by Gasteiger charge is -1.92. The van der Waals surface area contributed by atoms with E-state index in [4.69, 9.17) is 9.79 Å². The van der Waals surface area contributed by atoms with Gasteiger partial charge in [0.05, 0.1) is 0 Å². The predicted molar refractivity (Wildman–Crippen MR) is 37.1 cm³/mol. The third-order valence-corrected chi connectivity index (χ3v) is 1.24. The molecule has 0 heterocycles. The van der Waals surface area contributed by atoms with Gasteiger partial charge < -0.3 is 9.79 Å². The molecule has 2 N–H and O–H groups in total. The molecule has 0 aromatic heterocycles. The number of halogens is 2. The van der Waals surface area contributed by atoms with Gasteiger partial charge in [-0.2, -0.15) is 0 Å². The minimum absolute atomic E-state index is 0. The molecular weight excluding hydrogens is 174 g/mol. The van der Waals surface area contributed by atoms with E-state index in [1.54, 1.807) is 0 Å². The van der Waals surface area contributed by atoms with Crippen LogP contribution in [-0.2, 0) is 4.57 Å². The summed E-state index contributed by atoms with van der Waals surface area (Å²) in [6, 6.07) is 0. The Kier molecular flexibility index (Phi) is 11.6. The van der Waals surface area contributed by atoms with Gasteiger partial charge >= 0.3 is 7.60 Å². The summed E-state index contributed by atoms with van der Waals surface area (Å²) < 4.78 is 9.69. The van der Waals surface area contributed by atoms with Crippen LogP contribution >= 0.6 is 32.4 Å². The maximum absolute atomic E-state index is 9.69. The van der Waals surface area contributed by atoms with E-state index in [1.807, 2.05) is 0 Å². The summed E-state index contributed by atoms with van der Waals surface area (Å²) in [6.45, 7) is 1.45. The number of hydrogen-bond donors (Lipinski definition) is 2. The van der Waals surface area contributed by atoms with Gasteiger partial charge in [-0.1, -0.05) is 6.92 Å². The molecule has 0 radical (unpaired) electrons. The quantitative estimate of drug-likeness (QED) is 0.596. The molecule has 0 aromatic rings. The van der Waals surface area contributed by atoms with Gasteiger partial charge in [-0.25, -0.2) is 0 Å². The lowest BCUT2D eigenvalue weighted by molar-refractivity contribution is 0.375. The van der Waals surface area contributed by atoms with Gasteiger partial charge in [-0.3, -0.25) is 4.57 Å². The molecule has 0 amide bonds. The van der Waals surface area contributed by atoms with Gasteiger partial charge in [0.15, 0.2) is 0 Å². The fourth-order valence-electron chi connectivity index (χ4n) is 0. The molecule has 3 nitrogen and oxygen atoms in total. The maximum atomic E-state index is 9.69. The topological polar surface area (TPSA) is 57.5 Å². The fourth-order valence-corrected chi connectivity index (χ4v) is 0. The summed E-state index contributed by atoms with van der Waals surface area (Å²) in [5.74, 6) is 0. The molecule has 0 atom stereocenters. The van der Waals surface area contributed by atoms with Crippen molar-refractivity contribution in [3.63, 3.8) is 0 Å². The first-order chi connectivity index (χ1) is 2.56. The minimum atomic E-state index is -3.65. The van der Waals surface area contributed by atoms with Crippen molar-refractivity contribution in [2.24, 2.45) is 0 Å². The van der Waals surface area contributed by atoms with Crippen LogP contribution < -0.4 is 0 Å². The van der Waals surface area contributed by atoms with E-state index in [0.29, 0.717) is 0 Å². The zero-order valence-corrected chi connectivity index (χ0v) is 6.80. The first kappa shape index (κ1) is 15.9. The maximum Gasteiger partial charge on any atom is 0.325 e. The van der Waals surface area contributed by atoms with Crippen LogP contribution in [0.25, 0.3) is 0 Å². The van der Waals surface area contributed by atoms with Gasteiger partial charge in [-0.15, -0.1) is 24.8 Å². The molecule has 0 unspecified atom stereocenters. The van der Waals surface area contributed by atoms with E-state index < -0.39 is 7.60 Å². The molecular formula is C2H9Cl2O3P. The van der Waals surface area contributed by atoms with Crippen LogP contribution in [0.15, 0.2) is 0 Å². The molecule has 0 bridgehead atoms. The van der Waals surface area contributed by atoms with Crippen LogP contribution in [0.1, 0.15) is 6.92 Å². The molecule has 0 saturated carbocycles. The van der Waals surface area contributed by atoms with E-state index in [9.17, 15) is 4.57 Å². The lowest BCUT2D eigenvalue weighted by Crippen LogP contribution is -1.76. The summed E-state index contributed by atoms with van der Waals surface area (Å²) in [7, 11) is -3.65. The normalized spacial score (nSPS) is 8.88. The Morgan fingerprint density at radius 2 is 1.50 bits per heavy atom. The molecule has 6 heteroatoms. The second-order valence-corrected chi connectivity index (χ2v) is 2.94.